The number of ether oxygens (including phenoxy) is 1. The first kappa shape index (κ1) is 25.7. The van der Waals surface area contributed by atoms with E-state index in [4.69, 9.17) is 4.74 Å². The van der Waals surface area contributed by atoms with E-state index in [9.17, 15) is 5.11 Å². The molecule has 0 radical (unpaired) electrons. The molecule has 1 unspecified atom stereocenters. The molecule has 29 heavy (non-hydrogen) atoms. The van der Waals surface area contributed by atoms with E-state index in [1.54, 1.807) is 0 Å². The third-order valence-corrected chi connectivity index (χ3v) is 5.16. The van der Waals surface area contributed by atoms with Crippen molar-refractivity contribution in [2.45, 2.75) is 32.4 Å². The first-order valence-corrected chi connectivity index (χ1v) is 10.00. The maximum atomic E-state index is 10.4. The average molecular weight is 441 g/mol. The molecule has 2 aromatic rings. The number of rotatable bonds is 8. The zero-order chi connectivity index (χ0) is 19.1. The van der Waals surface area contributed by atoms with E-state index in [1.165, 1.54) is 11.1 Å². The van der Waals surface area contributed by atoms with Gasteiger partial charge in [0.15, 0.2) is 0 Å². The van der Waals surface area contributed by atoms with Crippen LogP contribution in [0, 0.1) is 0 Å². The standard InChI is InChI=1S/C23H32N2O2.2ClH/c1-19(2)22-10-6-7-11-23(22)27-18-21(26)17-25-14-12-24(13-15-25)16-20-8-4-3-5-9-20;;/h3-11,19,21,26H,12-18H2,1-2H3;2*1H. The number of hydrogen-bond acceptors (Lipinski definition) is 4. The summed E-state index contributed by atoms with van der Waals surface area (Å²) in [7, 11) is 0. The van der Waals surface area contributed by atoms with Crippen LogP contribution in [-0.2, 0) is 6.54 Å². The molecular weight excluding hydrogens is 407 g/mol. The molecule has 1 N–H and O–H groups in total. The highest BCUT2D eigenvalue weighted by molar-refractivity contribution is 5.85. The number of nitrogens with zero attached hydrogens (tertiary/aromatic N) is 2. The second-order valence-corrected chi connectivity index (χ2v) is 7.72. The van der Waals surface area contributed by atoms with Gasteiger partial charge in [0.2, 0.25) is 0 Å². The number of benzene rings is 2. The van der Waals surface area contributed by atoms with E-state index >= 15 is 0 Å². The van der Waals surface area contributed by atoms with E-state index in [2.05, 4.69) is 60.0 Å². The minimum absolute atomic E-state index is 0. The number of halogens is 2. The van der Waals surface area contributed by atoms with Gasteiger partial charge in [0.05, 0.1) is 0 Å². The van der Waals surface area contributed by atoms with Crippen LogP contribution in [0.15, 0.2) is 54.6 Å². The molecular formula is C23H34Cl2N2O2. The summed E-state index contributed by atoms with van der Waals surface area (Å²) in [6.45, 7) is 10.4. The number of aliphatic hydroxyl groups is 1. The third-order valence-electron chi connectivity index (χ3n) is 5.16. The number of aliphatic hydroxyl groups excluding tert-OH is 1. The summed E-state index contributed by atoms with van der Waals surface area (Å²) in [5, 5.41) is 10.4. The van der Waals surface area contributed by atoms with Crippen LogP contribution >= 0.6 is 24.8 Å². The van der Waals surface area contributed by atoms with Gasteiger partial charge in [-0.1, -0.05) is 62.4 Å². The fourth-order valence-corrected chi connectivity index (χ4v) is 3.60. The van der Waals surface area contributed by atoms with Crippen LogP contribution in [0.4, 0.5) is 0 Å². The maximum absolute atomic E-state index is 10.4. The van der Waals surface area contributed by atoms with Gasteiger partial charge in [-0.15, -0.1) is 24.8 Å². The number of hydrogen-bond donors (Lipinski definition) is 1. The Balaban J connectivity index is 0.00000210. The predicted octanol–water partition coefficient (Wildman–Crippen LogP) is 4.21. The molecule has 0 spiro atoms. The van der Waals surface area contributed by atoms with Crippen LogP contribution in [0.25, 0.3) is 0 Å². The Hall–Kier alpha value is -1.30. The minimum Gasteiger partial charge on any atom is -0.491 e. The first-order valence-electron chi connectivity index (χ1n) is 10.00. The smallest absolute Gasteiger partial charge is 0.122 e. The maximum Gasteiger partial charge on any atom is 0.122 e. The van der Waals surface area contributed by atoms with Crippen molar-refractivity contribution in [3.63, 3.8) is 0 Å². The monoisotopic (exact) mass is 440 g/mol. The summed E-state index contributed by atoms with van der Waals surface area (Å²) < 4.78 is 5.91. The molecule has 1 aliphatic rings. The van der Waals surface area contributed by atoms with Crippen molar-refractivity contribution in [3.8, 4) is 5.75 Å². The van der Waals surface area contributed by atoms with Crippen molar-refractivity contribution < 1.29 is 9.84 Å². The van der Waals surface area contributed by atoms with Crippen molar-refractivity contribution in [1.82, 2.24) is 9.80 Å². The summed E-state index contributed by atoms with van der Waals surface area (Å²) >= 11 is 0. The van der Waals surface area contributed by atoms with Gasteiger partial charge in [-0.25, -0.2) is 0 Å². The summed E-state index contributed by atoms with van der Waals surface area (Å²) in [6.07, 6.45) is -0.467. The molecule has 0 amide bonds. The van der Waals surface area contributed by atoms with Gasteiger partial charge < -0.3 is 9.84 Å². The Morgan fingerprint density at radius 1 is 0.862 bits per heavy atom. The van der Waals surface area contributed by atoms with Crippen LogP contribution in [-0.4, -0.2) is 60.3 Å². The highest BCUT2D eigenvalue weighted by Crippen LogP contribution is 2.25. The summed E-state index contributed by atoms with van der Waals surface area (Å²) in [5.41, 5.74) is 2.56. The van der Waals surface area contributed by atoms with Gasteiger partial charge in [0, 0.05) is 39.3 Å². The minimum atomic E-state index is -0.467. The molecule has 0 aromatic heterocycles. The highest BCUT2D eigenvalue weighted by atomic mass is 35.5. The topological polar surface area (TPSA) is 35.9 Å². The van der Waals surface area contributed by atoms with Crippen molar-refractivity contribution in [3.05, 3.63) is 65.7 Å². The SMILES string of the molecule is CC(C)c1ccccc1OCC(O)CN1CCN(Cc2ccccc2)CC1.Cl.Cl. The number of piperazine rings is 1. The van der Waals surface area contributed by atoms with Crippen molar-refractivity contribution in [1.29, 1.82) is 0 Å². The zero-order valence-corrected chi connectivity index (χ0v) is 19.0. The summed E-state index contributed by atoms with van der Waals surface area (Å²) in [5.74, 6) is 1.30. The molecule has 1 heterocycles. The van der Waals surface area contributed by atoms with Gasteiger partial charge in [0.25, 0.3) is 0 Å². The Labute approximate surface area is 187 Å². The van der Waals surface area contributed by atoms with E-state index < -0.39 is 6.10 Å². The molecule has 1 fully saturated rings. The Kier molecular flexibility index (Phi) is 11.6. The number of β-amino-alcohol motifs (C(OH)–C–C–N with tert-alkyl or cyclic N) is 1. The fourth-order valence-electron chi connectivity index (χ4n) is 3.60. The summed E-state index contributed by atoms with van der Waals surface area (Å²) in [6, 6.07) is 18.7. The molecule has 1 atom stereocenters. The van der Waals surface area contributed by atoms with Gasteiger partial charge in [-0.3, -0.25) is 9.80 Å². The Bertz CT molecular complexity index is 692. The lowest BCUT2D eigenvalue weighted by Gasteiger charge is -2.35. The molecule has 4 nitrogen and oxygen atoms in total. The molecule has 6 heteroatoms. The normalized spacial score (nSPS) is 16.0. The second-order valence-electron chi connectivity index (χ2n) is 7.72. The predicted molar refractivity (Wildman–Crippen MR) is 125 cm³/mol. The van der Waals surface area contributed by atoms with Gasteiger partial charge in [-0.05, 0) is 23.1 Å². The lowest BCUT2D eigenvalue weighted by atomic mass is 10.0. The van der Waals surface area contributed by atoms with Crippen LogP contribution in [0.3, 0.4) is 0 Å². The molecule has 162 valence electrons. The molecule has 1 aliphatic heterocycles. The van der Waals surface area contributed by atoms with E-state index in [1.807, 2.05) is 18.2 Å². The molecule has 0 aliphatic carbocycles. The van der Waals surface area contributed by atoms with Gasteiger partial charge in [-0.2, -0.15) is 0 Å². The van der Waals surface area contributed by atoms with Gasteiger partial charge >= 0.3 is 0 Å². The Morgan fingerprint density at radius 3 is 2.10 bits per heavy atom. The Morgan fingerprint density at radius 2 is 1.45 bits per heavy atom. The summed E-state index contributed by atoms with van der Waals surface area (Å²) in [4.78, 5) is 4.82. The molecule has 3 rings (SSSR count). The molecule has 0 saturated carbocycles. The first-order chi connectivity index (χ1) is 13.1. The van der Waals surface area contributed by atoms with E-state index in [0.29, 0.717) is 19.1 Å². The largest absolute Gasteiger partial charge is 0.491 e. The number of para-hydroxylation sites is 1. The van der Waals surface area contributed by atoms with Crippen molar-refractivity contribution in [2.75, 3.05) is 39.3 Å². The molecule has 0 bridgehead atoms. The zero-order valence-electron chi connectivity index (χ0n) is 17.4. The van der Waals surface area contributed by atoms with E-state index in [-0.39, 0.29) is 24.8 Å². The fraction of sp³-hybridized carbons (Fsp3) is 0.478. The van der Waals surface area contributed by atoms with Crippen LogP contribution in [0.1, 0.15) is 30.9 Å². The molecule has 2 aromatic carbocycles. The van der Waals surface area contributed by atoms with Crippen molar-refractivity contribution >= 4 is 24.8 Å². The third kappa shape index (κ3) is 8.15. The average Bonchev–Trinajstić information content (AvgIpc) is 2.69. The van der Waals surface area contributed by atoms with Crippen LogP contribution in [0.5, 0.6) is 5.75 Å². The second kappa shape index (κ2) is 13.1. The highest BCUT2D eigenvalue weighted by Gasteiger charge is 2.20. The quantitative estimate of drug-likeness (QED) is 0.666. The van der Waals surface area contributed by atoms with Crippen LogP contribution in [0.2, 0.25) is 0 Å². The molecule has 1 saturated heterocycles. The van der Waals surface area contributed by atoms with E-state index in [0.717, 1.165) is 38.5 Å². The van der Waals surface area contributed by atoms with Crippen LogP contribution < -0.4 is 4.74 Å². The lowest BCUT2D eigenvalue weighted by molar-refractivity contribution is 0.0443. The van der Waals surface area contributed by atoms with Crippen molar-refractivity contribution in [2.24, 2.45) is 0 Å². The van der Waals surface area contributed by atoms with Gasteiger partial charge in [0.1, 0.15) is 18.5 Å². The lowest BCUT2D eigenvalue weighted by Crippen LogP contribution is -2.48.